The molecule has 1 unspecified atom stereocenters. The average Bonchev–Trinajstić information content (AvgIpc) is 2.86. The van der Waals surface area contributed by atoms with Gasteiger partial charge in [0.15, 0.2) is 0 Å². The van der Waals surface area contributed by atoms with Gasteiger partial charge in [-0.05, 0) is 40.2 Å². The number of halogens is 1. The monoisotopic (exact) mass is 285 g/mol. The molecular weight excluding hydrogens is 274 g/mol. The zero-order valence-electron chi connectivity index (χ0n) is 8.24. The predicted octanol–water partition coefficient (Wildman–Crippen LogP) is 3.63. The maximum Gasteiger partial charge on any atom is 0.108 e. The largest absolute Gasteiger partial charge is 0.386 e. The normalized spacial score (nSPS) is 21.1. The van der Waals surface area contributed by atoms with Crippen molar-refractivity contribution in [1.29, 1.82) is 5.26 Å². The van der Waals surface area contributed by atoms with Gasteiger partial charge in [-0.1, -0.05) is 12.8 Å². The average molecular weight is 286 g/mol. The Balaban J connectivity index is 2.31. The molecule has 15 heavy (non-hydrogen) atoms. The summed E-state index contributed by atoms with van der Waals surface area (Å²) in [5.41, 5.74) is -0.548. The van der Waals surface area contributed by atoms with Crippen molar-refractivity contribution in [2.24, 2.45) is 5.41 Å². The molecule has 1 fully saturated rings. The molecule has 1 heterocycles. The van der Waals surface area contributed by atoms with Gasteiger partial charge < -0.3 is 5.11 Å². The van der Waals surface area contributed by atoms with Crippen LogP contribution in [0, 0.1) is 16.7 Å². The number of nitrogens with zero attached hydrogens (tertiary/aromatic N) is 1. The standard InChI is InChI=1S/C11H12BrNOS/c12-8-3-6-15-9(8)10(14)11(7-13)4-1-2-5-11/h3,6,10,14H,1-2,4-5H2. The zero-order valence-corrected chi connectivity index (χ0v) is 10.6. The smallest absolute Gasteiger partial charge is 0.108 e. The second-order valence-electron chi connectivity index (χ2n) is 4.01. The second-order valence-corrected chi connectivity index (χ2v) is 5.81. The van der Waals surface area contributed by atoms with Gasteiger partial charge in [0.05, 0.1) is 11.5 Å². The summed E-state index contributed by atoms with van der Waals surface area (Å²) in [4.78, 5) is 0.887. The summed E-state index contributed by atoms with van der Waals surface area (Å²) in [5, 5.41) is 21.5. The maximum atomic E-state index is 10.3. The van der Waals surface area contributed by atoms with Crippen LogP contribution >= 0.6 is 27.3 Å². The van der Waals surface area contributed by atoms with Crippen molar-refractivity contribution in [2.75, 3.05) is 0 Å². The van der Waals surface area contributed by atoms with E-state index in [0.29, 0.717) is 0 Å². The Labute approximate surface area is 102 Å². The van der Waals surface area contributed by atoms with Crippen LogP contribution < -0.4 is 0 Å². The van der Waals surface area contributed by atoms with Gasteiger partial charge in [0.1, 0.15) is 6.10 Å². The lowest BCUT2D eigenvalue weighted by molar-refractivity contribution is 0.0697. The first-order chi connectivity index (χ1) is 7.19. The van der Waals surface area contributed by atoms with Crippen LogP contribution in [0.15, 0.2) is 15.9 Å². The molecule has 4 heteroatoms. The van der Waals surface area contributed by atoms with E-state index in [2.05, 4.69) is 22.0 Å². The minimum absolute atomic E-state index is 0.548. The fourth-order valence-corrected chi connectivity index (χ4v) is 3.89. The highest BCUT2D eigenvalue weighted by molar-refractivity contribution is 9.10. The van der Waals surface area contributed by atoms with E-state index in [9.17, 15) is 10.4 Å². The van der Waals surface area contributed by atoms with E-state index >= 15 is 0 Å². The maximum absolute atomic E-state index is 10.3. The molecule has 0 radical (unpaired) electrons. The molecule has 0 spiro atoms. The van der Waals surface area contributed by atoms with E-state index in [0.717, 1.165) is 35.0 Å². The van der Waals surface area contributed by atoms with Gasteiger partial charge in [-0.3, -0.25) is 0 Å². The van der Waals surface area contributed by atoms with Gasteiger partial charge in [0, 0.05) is 9.35 Å². The first kappa shape index (κ1) is 11.1. The van der Waals surface area contributed by atoms with Crippen LogP contribution in [-0.2, 0) is 0 Å². The zero-order chi connectivity index (χ0) is 10.9. The van der Waals surface area contributed by atoms with Crippen LogP contribution in [0.2, 0.25) is 0 Å². The number of hydrogen-bond acceptors (Lipinski definition) is 3. The van der Waals surface area contributed by atoms with Gasteiger partial charge in [-0.2, -0.15) is 5.26 Å². The van der Waals surface area contributed by atoms with Crippen molar-refractivity contribution in [3.63, 3.8) is 0 Å². The molecule has 1 aromatic heterocycles. The quantitative estimate of drug-likeness (QED) is 0.902. The Morgan fingerprint density at radius 1 is 1.53 bits per heavy atom. The lowest BCUT2D eigenvalue weighted by atomic mass is 9.81. The molecule has 2 nitrogen and oxygen atoms in total. The number of rotatable bonds is 2. The van der Waals surface area contributed by atoms with E-state index in [4.69, 9.17) is 0 Å². The summed E-state index contributed by atoms with van der Waals surface area (Å²) < 4.78 is 0.918. The van der Waals surface area contributed by atoms with Crippen molar-refractivity contribution in [2.45, 2.75) is 31.8 Å². The van der Waals surface area contributed by atoms with Crippen LogP contribution in [0.25, 0.3) is 0 Å². The third kappa shape index (κ3) is 1.84. The minimum Gasteiger partial charge on any atom is -0.386 e. The molecule has 1 aromatic rings. The van der Waals surface area contributed by atoms with Gasteiger partial charge in [-0.15, -0.1) is 11.3 Å². The Morgan fingerprint density at radius 2 is 2.20 bits per heavy atom. The van der Waals surface area contributed by atoms with Gasteiger partial charge in [0.25, 0.3) is 0 Å². The summed E-state index contributed by atoms with van der Waals surface area (Å²) in [6.07, 6.45) is 3.09. The SMILES string of the molecule is N#CC1(C(O)c2sccc2Br)CCCC1. The molecule has 0 aromatic carbocycles. The van der Waals surface area contributed by atoms with Crippen molar-refractivity contribution in [1.82, 2.24) is 0 Å². The van der Waals surface area contributed by atoms with Crippen molar-refractivity contribution < 1.29 is 5.11 Å². The number of hydrogen-bond donors (Lipinski definition) is 1. The molecule has 1 N–H and O–H groups in total. The van der Waals surface area contributed by atoms with Crippen LogP contribution in [0.1, 0.15) is 36.7 Å². The summed E-state index contributed by atoms with van der Waals surface area (Å²) in [5.74, 6) is 0. The van der Waals surface area contributed by atoms with E-state index in [1.54, 1.807) is 0 Å². The molecule has 80 valence electrons. The minimum atomic E-state index is -0.639. The highest BCUT2D eigenvalue weighted by Gasteiger charge is 2.42. The van der Waals surface area contributed by atoms with Gasteiger partial charge in [0.2, 0.25) is 0 Å². The van der Waals surface area contributed by atoms with Crippen LogP contribution in [0.3, 0.4) is 0 Å². The lowest BCUT2D eigenvalue weighted by Gasteiger charge is -2.26. The van der Waals surface area contributed by atoms with E-state index in [1.807, 2.05) is 11.4 Å². The Bertz CT molecular complexity index is 390. The number of thiophene rings is 1. The molecule has 1 aliphatic rings. The van der Waals surface area contributed by atoms with Crippen molar-refractivity contribution in [3.05, 3.63) is 20.8 Å². The van der Waals surface area contributed by atoms with E-state index in [1.165, 1.54) is 11.3 Å². The van der Waals surface area contributed by atoms with E-state index in [-0.39, 0.29) is 0 Å². The van der Waals surface area contributed by atoms with Gasteiger partial charge >= 0.3 is 0 Å². The third-order valence-electron chi connectivity index (χ3n) is 3.13. The molecule has 0 saturated heterocycles. The summed E-state index contributed by atoms with van der Waals surface area (Å²) >= 11 is 4.92. The molecular formula is C11H12BrNOS. The summed E-state index contributed by atoms with van der Waals surface area (Å²) in [6, 6.07) is 4.25. The summed E-state index contributed by atoms with van der Waals surface area (Å²) in [7, 11) is 0. The number of aliphatic hydroxyl groups is 1. The highest BCUT2D eigenvalue weighted by Crippen LogP contribution is 2.49. The molecule has 2 rings (SSSR count). The summed E-state index contributed by atoms with van der Waals surface area (Å²) in [6.45, 7) is 0. The number of aliphatic hydroxyl groups excluding tert-OH is 1. The lowest BCUT2D eigenvalue weighted by Crippen LogP contribution is -2.23. The third-order valence-corrected chi connectivity index (χ3v) is 5.06. The van der Waals surface area contributed by atoms with Crippen molar-refractivity contribution in [3.8, 4) is 6.07 Å². The topological polar surface area (TPSA) is 44.0 Å². The number of nitriles is 1. The molecule has 1 saturated carbocycles. The van der Waals surface area contributed by atoms with Crippen LogP contribution in [0.4, 0.5) is 0 Å². The molecule has 0 aliphatic heterocycles. The molecule has 1 aliphatic carbocycles. The Hall–Kier alpha value is -0.370. The van der Waals surface area contributed by atoms with Crippen LogP contribution in [-0.4, -0.2) is 5.11 Å². The molecule has 0 bridgehead atoms. The fourth-order valence-electron chi connectivity index (χ4n) is 2.20. The predicted molar refractivity (Wildman–Crippen MR) is 63.5 cm³/mol. The Morgan fingerprint density at radius 3 is 2.67 bits per heavy atom. The molecule has 0 amide bonds. The first-order valence-corrected chi connectivity index (χ1v) is 6.69. The first-order valence-electron chi connectivity index (χ1n) is 5.02. The highest BCUT2D eigenvalue weighted by atomic mass is 79.9. The van der Waals surface area contributed by atoms with Gasteiger partial charge in [-0.25, -0.2) is 0 Å². The molecule has 1 atom stereocenters. The second kappa shape index (κ2) is 4.25. The Kier molecular flexibility index (Phi) is 3.15. The fraction of sp³-hybridized carbons (Fsp3) is 0.545. The van der Waals surface area contributed by atoms with Crippen LogP contribution in [0.5, 0.6) is 0 Å². The van der Waals surface area contributed by atoms with E-state index < -0.39 is 11.5 Å². The van der Waals surface area contributed by atoms with Crippen molar-refractivity contribution >= 4 is 27.3 Å².